The van der Waals surface area contributed by atoms with Gasteiger partial charge in [0.25, 0.3) is 0 Å². The van der Waals surface area contributed by atoms with E-state index in [9.17, 15) is 0 Å². The van der Waals surface area contributed by atoms with Crippen LogP contribution in [0.3, 0.4) is 0 Å². The van der Waals surface area contributed by atoms with Crippen LogP contribution in [0, 0.1) is 0 Å². The van der Waals surface area contributed by atoms with Gasteiger partial charge in [0, 0.05) is 28.3 Å². The predicted molar refractivity (Wildman–Crippen MR) is 88.9 cm³/mol. The first kappa shape index (κ1) is 17.4. The fraction of sp³-hybridized carbons (Fsp3) is 1.00. The van der Waals surface area contributed by atoms with Gasteiger partial charge in [-0.3, -0.25) is 0 Å². The second-order valence-electron chi connectivity index (χ2n) is 7.50. The van der Waals surface area contributed by atoms with Crippen molar-refractivity contribution in [3.8, 4) is 0 Å². The molecule has 0 radical (unpaired) electrons. The molecule has 0 N–H and O–H groups in total. The van der Waals surface area contributed by atoms with E-state index in [-0.39, 0.29) is 28.3 Å². The molecule has 0 atom stereocenters. The van der Waals surface area contributed by atoms with Gasteiger partial charge >= 0.3 is 0 Å². The fourth-order valence-electron chi connectivity index (χ4n) is 5.31. The molecule has 3 rings (SSSR count). The number of hydrogen-bond donors (Lipinski definition) is 0. The molecule has 120 valence electrons. The predicted octanol–water partition coefficient (Wildman–Crippen LogP) is 6.20. The molecule has 0 aromatic carbocycles. The SMILES string of the molecule is C1CCC([PH+](C2CCCCC2)C2CCCCC2)CC1.[Pd]. The first-order chi connectivity index (χ1) is 9.45. The molecular weight excluding hydrogens is 354 g/mol. The molecule has 0 aromatic heterocycles. The summed E-state index contributed by atoms with van der Waals surface area (Å²) in [5.74, 6) is 0. The van der Waals surface area contributed by atoms with Gasteiger partial charge in [-0.15, -0.1) is 0 Å². The van der Waals surface area contributed by atoms with Gasteiger partial charge in [0.05, 0.1) is 17.0 Å². The molecule has 0 bridgehead atoms. The van der Waals surface area contributed by atoms with E-state index in [0.717, 1.165) is 0 Å². The Morgan fingerprint density at radius 3 is 0.900 bits per heavy atom. The Hall–Kier alpha value is 1.09. The minimum absolute atomic E-state index is 0. The van der Waals surface area contributed by atoms with Gasteiger partial charge in [-0.25, -0.2) is 0 Å². The van der Waals surface area contributed by atoms with Crippen molar-refractivity contribution >= 4 is 7.92 Å². The molecule has 20 heavy (non-hydrogen) atoms. The monoisotopic (exact) mass is 387 g/mol. The van der Waals surface area contributed by atoms with Gasteiger partial charge in [0.2, 0.25) is 0 Å². The molecule has 0 amide bonds. The van der Waals surface area contributed by atoms with E-state index < -0.39 is 0 Å². The first-order valence-electron chi connectivity index (χ1n) is 9.32. The Balaban J connectivity index is 0.00000147. The Morgan fingerprint density at radius 1 is 0.400 bits per heavy atom. The Kier molecular flexibility index (Phi) is 8.10. The van der Waals surface area contributed by atoms with Crippen LogP contribution in [-0.4, -0.2) is 17.0 Å². The van der Waals surface area contributed by atoms with Crippen LogP contribution in [0.5, 0.6) is 0 Å². The Labute approximate surface area is 141 Å². The summed E-state index contributed by atoms with van der Waals surface area (Å²) in [6.07, 6.45) is 23.8. The maximum absolute atomic E-state index is 1.63. The smallest absolute Gasteiger partial charge is 0.0530 e. The average molecular weight is 388 g/mol. The zero-order chi connectivity index (χ0) is 12.9. The Bertz CT molecular complexity index is 207. The first-order valence-corrected chi connectivity index (χ1v) is 11.0. The molecule has 2 heteroatoms. The van der Waals surface area contributed by atoms with Gasteiger partial charge in [-0.1, -0.05) is 19.3 Å². The zero-order valence-electron chi connectivity index (χ0n) is 13.2. The van der Waals surface area contributed by atoms with Gasteiger partial charge in [-0.2, -0.15) is 0 Å². The molecule has 3 aliphatic rings. The van der Waals surface area contributed by atoms with E-state index in [1.807, 2.05) is 0 Å². The van der Waals surface area contributed by atoms with Crippen LogP contribution in [0.25, 0.3) is 0 Å². The molecule has 0 nitrogen and oxygen atoms in total. The largest absolute Gasteiger partial charge is 0.0680 e. The van der Waals surface area contributed by atoms with E-state index in [4.69, 9.17) is 0 Å². The number of hydrogen-bond acceptors (Lipinski definition) is 0. The normalized spacial score (nSPS) is 27.4. The van der Waals surface area contributed by atoms with Crippen molar-refractivity contribution in [1.29, 1.82) is 0 Å². The summed E-state index contributed by atoms with van der Waals surface area (Å²) in [6, 6.07) is 0. The van der Waals surface area contributed by atoms with E-state index >= 15 is 0 Å². The molecule has 0 unspecified atom stereocenters. The molecule has 0 spiro atoms. The molecule has 3 fully saturated rings. The second kappa shape index (κ2) is 9.28. The average Bonchev–Trinajstić information content (AvgIpc) is 2.51. The van der Waals surface area contributed by atoms with Crippen molar-refractivity contribution < 1.29 is 20.4 Å². The Morgan fingerprint density at radius 2 is 0.650 bits per heavy atom. The van der Waals surface area contributed by atoms with Gasteiger partial charge < -0.3 is 0 Å². The standard InChI is InChI=1S/C18H33P.Pd/c1-4-10-16(11-5-1)19(17-12-6-2-7-13-17)18-14-8-3-9-15-18;/h16-18H,1-15H2;/p+1. The summed E-state index contributed by atoms with van der Waals surface area (Å²) < 4.78 is 0. The van der Waals surface area contributed by atoms with Crippen molar-refractivity contribution in [2.45, 2.75) is 113 Å². The van der Waals surface area contributed by atoms with Crippen LogP contribution >= 0.6 is 7.92 Å². The minimum atomic E-state index is -0.0465. The summed E-state index contributed by atoms with van der Waals surface area (Å²) >= 11 is 0. The quantitative estimate of drug-likeness (QED) is 0.399. The summed E-state index contributed by atoms with van der Waals surface area (Å²) in [4.78, 5) is 0. The van der Waals surface area contributed by atoms with E-state index in [0.29, 0.717) is 0 Å². The van der Waals surface area contributed by atoms with Crippen LogP contribution in [-0.2, 0) is 20.4 Å². The maximum Gasteiger partial charge on any atom is 0.0680 e. The fourth-order valence-corrected chi connectivity index (χ4v) is 10.5. The maximum atomic E-state index is 1.63. The van der Waals surface area contributed by atoms with Crippen molar-refractivity contribution in [3.05, 3.63) is 0 Å². The molecule has 0 aliphatic heterocycles. The molecule has 0 heterocycles. The second-order valence-corrected chi connectivity index (χ2v) is 11.0. The van der Waals surface area contributed by atoms with Crippen LogP contribution in [0.2, 0.25) is 0 Å². The third-order valence-corrected chi connectivity index (χ3v) is 10.8. The zero-order valence-corrected chi connectivity index (χ0v) is 15.7. The van der Waals surface area contributed by atoms with E-state index in [1.165, 1.54) is 17.0 Å². The van der Waals surface area contributed by atoms with Gasteiger partial charge in [0.15, 0.2) is 0 Å². The van der Waals surface area contributed by atoms with Gasteiger partial charge in [0.1, 0.15) is 0 Å². The molecule has 3 saturated carbocycles. The summed E-state index contributed by atoms with van der Waals surface area (Å²) in [6.45, 7) is 0. The van der Waals surface area contributed by atoms with E-state index in [2.05, 4.69) is 0 Å². The molecule has 0 saturated heterocycles. The molecular formula is C18H34PPd+. The van der Waals surface area contributed by atoms with Crippen molar-refractivity contribution in [3.63, 3.8) is 0 Å². The van der Waals surface area contributed by atoms with Crippen LogP contribution < -0.4 is 0 Å². The summed E-state index contributed by atoms with van der Waals surface area (Å²) in [5, 5.41) is 0. The number of rotatable bonds is 3. The summed E-state index contributed by atoms with van der Waals surface area (Å²) in [5.41, 5.74) is 3.68. The van der Waals surface area contributed by atoms with Crippen molar-refractivity contribution in [2.75, 3.05) is 0 Å². The van der Waals surface area contributed by atoms with Crippen LogP contribution in [0.15, 0.2) is 0 Å². The van der Waals surface area contributed by atoms with Crippen LogP contribution in [0.4, 0.5) is 0 Å². The van der Waals surface area contributed by atoms with Crippen molar-refractivity contribution in [1.82, 2.24) is 0 Å². The molecule has 3 aliphatic carbocycles. The third kappa shape index (κ3) is 4.54. The van der Waals surface area contributed by atoms with Gasteiger partial charge in [-0.05, 0) is 77.0 Å². The summed E-state index contributed by atoms with van der Waals surface area (Å²) in [7, 11) is -0.0465. The van der Waals surface area contributed by atoms with Crippen molar-refractivity contribution in [2.24, 2.45) is 0 Å². The van der Waals surface area contributed by atoms with E-state index in [1.54, 1.807) is 96.3 Å². The molecule has 0 aromatic rings. The van der Waals surface area contributed by atoms with Crippen LogP contribution in [0.1, 0.15) is 96.3 Å². The third-order valence-electron chi connectivity index (χ3n) is 6.23. The minimum Gasteiger partial charge on any atom is -0.0530 e. The topological polar surface area (TPSA) is 0 Å².